The molecule has 25 heavy (non-hydrogen) atoms. The molecule has 0 fully saturated rings. The molecule has 7 heteroatoms. The van der Waals surface area contributed by atoms with E-state index < -0.39 is 17.7 Å². The van der Waals surface area contributed by atoms with E-state index in [2.05, 4.69) is 18.8 Å². The Morgan fingerprint density at radius 2 is 1.88 bits per heavy atom. The van der Waals surface area contributed by atoms with Gasteiger partial charge in [0.05, 0.1) is 17.8 Å². The molecule has 1 atom stereocenters. The number of ether oxygens (including phenoxy) is 2. The van der Waals surface area contributed by atoms with Crippen LogP contribution in [0, 0.1) is 17.6 Å². The number of benzene rings is 1. The van der Waals surface area contributed by atoms with Gasteiger partial charge < -0.3 is 15.2 Å². The molecule has 0 radical (unpaired) electrons. The monoisotopic (exact) mass is 370 g/mol. The van der Waals surface area contributed by atoms with Gasteiger partial charge in [0.25, 0.3) is 0 Å². The maximum absolute atomic E-state index is 14.0. The lowest BCUT2D eigenvalue weighted by molar-refractivity contribution is 0.219. The molecular weight excluding hydrogens is 350 g/mol. The van der Waals surface area contributed by atoms with Gasteiger partial charge in [-0.3, -0.25) is 0 Å². The number of anilines is 1. The van der Waals surface area contributed by atoms with Gasteiger partial charge in [0.1, 0.15) is 23.5 Å². The normalized spacial score (nSPS) is 12.3. The Bertz CT molecular complexity index is 741. The number of aromatic nitrogens is 1. The molecular formula is C18H21ClF2N2O2. The second kappa shape index (κ2) is 8.34. The molecule has 2 N–H and O–H groups in total. The summed E-state index contributed by atoms with van der Waals surface area (Å²) >= 11 is 5.86. The van der Waals surface area contributed by atoms with E-state index in [1.807, 2.05) is 0 Å². The molecule has 136 valence electrons. The Hall–Kier alpha value is -2.08. The number of pyridine rings is 1. The third-order valence-corrected chi connectivity index (χ3v) is 3.99. The van der Waals surface area contributed by atoms with Crippen molar-refractivity contribution in [2.45, 2.75) is 33.3 Å². The standard InChI is InChI=1S/C18H21ClF2N2O2/c1-10(2)6-7-24-12-8-15(18(22)23-9-12)25-11(3)16-13(20)4-5-14(21)17(16)19/h4-5,8-11H,6-7H2,1-3H3,(H2,22,23). The Balaban J connectivity index is 2.18. The van der Waals surface area contributed by atoms with E-state index in [-0.39, 0.29) is 22.2 Å². The summed E-state index contributed by atoms with van der Waals surface area (Å²) in [7, 11) is 0. The van der Waals surface area contributed by atoms with Crippen molar-refractivity contribution in [2.24, 2.45) is 5.92 Å². The lowest BCUT2D eigenvalue weighted by atomic mass is 10.1. The summed E-state index contributed by atoms with van der Waals surface area (Å²) in [6.07, 6.45) is 1.52. The van der Waals surface area contributed by atoms with Crippen molar-refractivity contribution in [3.63, 3.8) is 0 Å². The highest BCUT2D eigenvalue weighted by molar-refractivity contribution is 6.31. The predicted octanol–water partition coefficient (Wildman–Crippen LogP) is 5.16. The first-order chi connectivity index (χ1) is 11.8. The van der Waals surface area contributed by atoms with Crippen molar-refractivity contribution in [2.75, 3.05) is 12.3 Å². The maximum atomic E-state index is 14.0. The minimum absolute atomic E-state index is 0.0767. The van der Waals surface area contributed by atoms with Crippen LogP contribution < -0.4 is 15.2 Å². The average Bonchev–Trinajstić information content (AvgIpc) is 2.54. The van der Waals surface area contributed by atoms with Crippen LogP contribution in [-0.2, 0) is 0 Å². The zero-order chi connectivity index (χ0) is 18.6. The molecule has 1 aromatic heterocycles. The van der Waals surface area contributed by atoms with Gasteiger partial charge >= 0.3 is 0 Å². The van der Waals surface area contributed by atoms with Gasteiger partial charge in [-0.05, 0) is 31.4 Å². The number of nitrogens with two attached hydrogens (primary N) is 1. The molecule has 0 bridgehead atoms. The number of rotatable bonds is 7. The van der Waals surface area contributed by atoms with Gasteiger partial charge in [-0.25, -0.2) is 13.8 Å². The molecule has 2 rings (SSSR count). The van der Waals surface area contributed by atoms with Crippen LogP contribution in [0.4, 0.5) is 14.6 Å². The van der Waals surface area contributed by atoms with Crippen LogP contribution in [0.3, 0.4) is 0 Å². The molecule has 0 spiro atoms. The van der Waals surface area contributed by atoms with Crippen LogP contribution >= 0.6 is 11.6 Å². The average molecular weight is 371 g/mol. The third kappa shape index (κ3) is 4.95. The summed E-state index contributed by atoms with van der Waals surface area (Å²) < 4.78 is 38.9. The van der Waals surface area contributed by atoms with Crippen LogP contribution in [0.5, 0.6) is 11.5 Å². The van der Waals surface area contributed by atoms with Crippen LogP contribution in [0.1, 0.15) is 38.9 Å². The van der Waals surface area contributed by atoms with Crippen molar-refractivity contribution < 1.29 is 18.3 Å². The van der Waals surface area contributed by atoms with E-state index in [1.54, 1.807) is 13.0 Å². The van der Waals surface area contributed by atoms with E-state index in [0.29, 0.717) is 18.3 Å². The van der Waals surface area contributed by atoms with Crippen LogP contribution in [0.15, 0.2) is 24.4 Å². The second-order valence-corrected chi connectivity index (χ2v) is 6.48. The van der Waals surface area contributed by atoms with Crippen molar-refractivity contribution in [3.05, 3.63) is 46.6 Å². The number of hydrogen-bond acceptors (Lipinski definition) is 4. The smallest absolute Gasteiger partial charge is 0.166 e. The fourth-order valence-electron chi connectivity index (χ4n) is 2.19. The molecule has 1 aromatic carbocycles. The quantitative estimate of drug-likeness (QED) is 0.684. The van der Waals surface area contributed by atoms with E-state index in [0.717, 1.165) is 18.6 Å². The molecule has 0 aliphatic rings. The van der Waals surface area contributed by atoms with E-state index >= 15 is 0 Å². The zero-order valence-corrected chi connectivity index (χ0v) is 15.1. The van der Waals surface area contributed by atoms with Gasteiger partial charge in [0, 0.05) is 11.6 Å². The Kier molecular flexibility index (Phi) is 6.42. The van der Waals surface area contributed by atoms with Crippen LogP contribution in [-0.4, -0.2) is 11.6 Å². The summed E-state index contributed by atoms with van der Waals surface area (Å²) in [6, 6.07) is 3.54. The molecule has 1 heterocycles. The summed E-state index contributed by atoms with van der Waals surface area (Å²) in [4.78, 5) is 4.01. The number of hydrogen-bond donors (Lipinski definition) is 1. The minimum Gasteiger partial charge on any atom is -0.492 e. The van der Waals surface area contributed by atoms with Gasteiger partial charge in [-0.1, -0.05) is 25.4 Å². The molecule has 0 aliphatic carbocycles. The zero-order valence-electron chi connectivity index (χ0n) is 14.4. The number of nitrogens with zero attached hydrogens (tertiary/aromatic N) is 1. The summed E-state index contributed by atoms with van der Waals surface area (Å²) in [5.41, 5.74) is 5.73. The molecule has 0 aliphatic heterocycles. The Morgan fingerprint density at radius 1 is 1.20 bits per heavy atom. The molecule has 1 unspecified atom stereocenters. The van der Waals surface area contributed by atoms with Gasteiger partial charge in [-0.15, -0.1) is 0 Å². The van der Waals surface area contributed by atoms with E-state index in [9.17, 15) is 8.78 Å². The highest BCUT2D eigenvalue weighted by Crippen LogP contribution is 2.34. The molecule has 4 nitrogen and oxygen atoms in total. The molecule has 0 saturated heterocycles. The molecule has 0 amide bonds. The van der Waals surface area contributed by atoms with Crippen LogP contribution in [0.25, 0.3) is 0 Å². The number of nitrogen functional groups attached to an aromatic ring is 1. The van der Waals surface area contributed by atoms with E-state index in [4.69, 9.17) is 26.8 Å². The molecule has 0 saturated carbocycles. The fourth-order valence-corrected chi connectivity index (χ4v) is 2.49. The van der Waals surface area contributed by atoms with Gasteiger partial charge in [0.2, 0.25) is 0 Å². The van der Waals surface area contributed by atoms with Crippen LogP contribution in [0.2, 0.25) is 5.02 Å². The lowest BCUT2D eigenvalue weighted by Crippen LogP contribution is -2.10. The Labute approximate surface area is 150 Å². The minimum atomic E-state index is -0.863. The fraction of sp³-hybridized carbons (Fsp3) is 0.389. The highest BCUT2D eigenvalue weighted by atomic mass is 35.5. The SMILES string of the molecule is CC(C)CCOc1cnc(N)c(OC(C)c2c(F)ccc(F)c2Cl)c1. The van der Waals surface area contributed by atoms with E-state index in [1.165, 1.54) is 6.20 Å². The largest absolute Gasteiger partial charge is 0.492 e. The van der Waals surface area contributed by atoms with Crippen molar-refractivity contribution >= 4 is 17.4 Å². The highest BCUT2D eigenvalue weighted by Gasteiger charge is 2.21. The Morgan fingerprint density at radius 3 is 2.56 bits per heavy atom. The van der Waals surface area contributed by atoms with Gasteiger partial charge in [-0.2, -0.15) is 0 Å². The summed E-state index contributed by atoms with van der Waals surface area (Å²) in [6.45, 7) is 6.27. The summed E-state index contributed by atoms with van der Waals surface area (Å²) in [5.74, 6) is -0.0381. The third-order valence-electron chi connectivity index (χ3n) is 3.61. The topological polar surface area (TPSA) is 57.4 Å². The predicted molar refractivity (Wildman–Crippen MR) is 94.0 cm³/mol. The lowest BCUT2D eigenvalue weighted by Gasteiger charge is -2.19. The van der Waals surface area contributed by atoms with Crippen molar-refractivity contribution in [3.8, 4) is 11.5 Å². The van der Waals surface area contributed by atoms with Crippen molar-refractivity contribution in [1.82, 2.24) is 4.98 Å². The first kappa shape index (κ1) is 19.2. The summed E-state index contributed by atoms with van der Waals surface area (Å²) in [5, 5.41) is -0.316. The first-order valence-electron chi connectivity index (χ1n) is 7.98. The number of halogens is 3. The van der Waals surface area contributed by atoms with Gasteiger partial charge in [0.15, 0.2) is 11.6 Å². The first-order valence-corrected chi connectivity index (χ1v) is 8.35. The second-order valence-electron chi connectivity index (χ2n) is 6.10. The maximum Gasteiger partial charge on any atom is 0.166 e. The van der Waals surface area contributed by atoms with Crippen molar-refractivity contribution in [1.29, 1.82) is 0 Å². The molecule has 2 aromatic rings.